The Bertz CT molecular complexity index is 732. The fourth-order valence-corrected chi connectivity index (χ4v) is 3.77. The molecule has 0 atom stereocenters. The summed E-state index contributed by atoms with van der Waals surface area (Å²) < 4.78 is 6.17. The topological polar surface area (TPSA) is 48.7 Å². The summed E-state index contributed by atoms with van der Waals surface area (Å²) in [5.74, 6) is 1.74. The molecule has 1 aromatic heterocycles. The zero-order chi connectivity index (χ0) is 16.5. The Hall–Kier alpha value is -2.27. The van der Waals surface area contributed by atoms with Crippen molar-refractivity contribution < 1.29 is 9.21 Å². The molecule has 3 saturated heterocycles. The van der Waals surface area contributed by atoms with E-state index in [0.29, 0.717) is 6.04 Å². The Labute approximate surface area is 142 Å². The largest absolute Gasteiger partial charge is 0.441 e. The lowest BCUT2D eigenvalue weighted by atomic mass is 10.1. The van der Waals surface area contributed by atoms with Crippen LogP contribution in [0.5, 0.6) is 0 Å². The third kappa shape index (κ3) is 3.04. The van der Waals surface area contributed by atoms with Gasteiger partial charge >= 0.3 is 0 Å². The van der Waals surface area contributed by atoms with Crippen LogP contribution >= 0.6 is 0 Å². The smallest absolute Gasteiger partial charge is 0.221 e. The second kappa shape index (κ2) is 6.32. The lowest BCUT2D eigenvalue weighted by Gasteiger charge is -2.31. The molecule has 3 aliphatic rings. The highest BCUT2D eigenvalue weighted by atomic mass is 16.4. The van der Waals surface area contributed by atoms with Crippen molar-refractivity contribution in [3.05, 3.63) is 36.4 Å². The Kier molecular flexibility index (Phi) is 4.02. The minimum absolute atomic E-state index is 0.0670. The maximum absolute atomic E-state index is 11.2. The Morgan fingerprint density at radius 3 is 2.75 bits per heavy atom. The van der Waals surface area contributed by atoms with Gasteiger partial charge in [-0.25, -0.2) is 0 Å². The summed E-state index contributed by atoms with van der Waals surface area (Å²) in [6, 6.07) is 12.5. The van der Waals surface area contributed by atoms with E-state index in [1.807, 2.05) is 30.3 Å². The summed E-state index contributed by atoms with van der Waals surface area (Å²) in [7, 11) is 0. The first-order chi connectivity index (χ1) is 11.7. The molecule has 0 unspecified atom stereocenters. The number of nitrogens with one attached hydrogen (secondary N) is 1. The van der Waals surface area contributed by atoms with Gasteiger partial charge in [-0.05, 0) is 31.0 Å². The van der Waals surface area contributed by atoms with E-state index in [1.165, 1.54) is 32.9 Å². The molecule has 2 bridgehead atoms. The van der Waals surface area contributed by atoms with Crippen LogP contribution in [0.25, 0.3) is 11.3 Å². The maximum atomic E-state index is 11.2. The van der Waals surface area contributed by atoms with Gasteiger partial charge < -0.3 is 19.5 Å². The fraction of sp³-hybridized carbons (Fsp3) is 0.421. The third-order valence-electron chi connectivity index (χ3n) is 5.00. The van der Waals surface area contributed by atoms with Gasteiger partial charge in [0, 0.05) is 56.5 Å². The van der Waals surface area contributed by atoms with Gasteiger partial charge in [0.15, 0.2) is 5.88 Å². The first kappa shape index (κ1) is 15.3. The van der Waals surface area contributed by atoms with Gasteiger partial charge in [-0.15, -0.1) is 0 Å². The van der Waals surface area contributed by atoms with Crippen LogP contribution in [0.1, 0.15) is 19.8 Å². The highest BCUT2D eigenvalue weighted by molar-refractivity contribution is 5.89. The van der Waals surface area contributed by atoms with E-state index in [9.17, 15) is 4.79 Å². The van der Waals surface area contributed by atoms with Crippen LogP contribution in [-0.4, -0.2) is 43.0 Å². The predicted molar refractivity (Wildman–Crippen MR) is 95.3 cm³/mol. The van der Waals surface area contributed by atoms with Crippen LogP contribution in [0, 0.1) is 0 Å². The number of carbonyl (C=O) groups is 1. The number of rotatable bonds is 3. The van der Waals surface area contributed by atoms with Crippen LogP contribution in [0.15, 0.2) is 40.8 Å². The van der Waals surface area contributed by atoms with Crippen LogP contribution in [0.2, 0.25) is 0 Å². The summed E-state index contributed by atoms with van der Waals surface area (Å²) >= 11 is 0. The molecule has 0 spiro atoms. The second-order valence-corrected chi connectivity index (χ2v) is 6.67. The van der Waals surface area contributed by atoms with Gasteiger partial charge in [0.25, 0.3) is 0 Å². The number of fused-ring (bicyclic) bond motifs is 4. The molecule has 126 valence electrons. The van der Waals surface area contributed by atoms with Crippen LogP contribution in [0.4, 0.5) is 11.6 Å². The number of carbonyl (C=O) groups excluding carboxylic acids is 1. The van der Waals surface area contributed by atoms with Gasteiger partial charge in [0.1, 0.15) is 5.76 Å². The average Bonchev–Trinajstić information content (AvgIpc) is 2.87. The number of furan rings is 1. The van der Waals surface area contributed by atoms with E-state index in [2.05, 4.69) is 21.2 Å². The normalized spacial score (nSPS) is 23.1. The number of nitrogens with zero attached hydrogens (tertiary/aromatic N) is 2. The summed E-state index contributed by atoms with van der Waals surface area (Å²) in [6.45, 7) is 6.07. The molecule has 5 heteroatoms. The number of amides is 1. The number of piperidine rings is 1. The van der Waals surface area contributed by atoms with Crippen molar-refractivity contribution in [1.82, 2.24) is 4.90 Å². The molecule has 5 rings (SSSR count). The number of anilines is 2. The SMILES string of the molecule is CC(=O)Nc1cccc(-c2ccc(N3CCN4CCC3CC4)o2)c1. The molecule has 0 radical (unpaired) electrons. The molecule has 0 saturated carbocycles. The molecule has 5 nitrogen and oxygen atoms in total. The number of hydrogen-bond donors (Lipinski definition) is 1. The molecule has 1 aromatic carbocycles. The van der Waals surface area contributed by atoms with E-state index < -0.39 is 0 Å². The third-order valence-corrected chi connectivity index (χ3v) is 5.00. The molecule has 1 N–H and O–H groups in total. The van der Waals surface area contributed by atoms with E-state index in [0.717, 1.165) is 36.0 Å². The first-order valence-electron chi connectivity index (χ1n) is 8.66. The van der Waals surface area contributed by atoms with Gasteiger partial charge in [0.2, 0.25) is 5.91 Å². The minimum atomic E-state index is -0.0670. The standard InChI is InChI=1S/C19H23N3O2/c1-14(23)20-16-4-2-3-15(13-16)18-5-6-19(24-18)22-12-11-21-9-7-17(22)8-10-21/h2-6,13,17H,7-12H2,1H3,(H,20,23). The van der Waals surface area contributed by atoms with E-state index in [-0.39, 0.29) is 5.91 Å². The molecule has 4 heterocycles. The lowest BCUT2D eigenvalue weighted by Crippen LogP contribution is -2.37. The zero-order valence-electron chi connectivity index (χ0n) is 14.0. The Balaban J connectivity index is 1.57. The molecular formula is C19H23N3O2. The van der Waals surface area contributed by atoms with Crippen LogP contribution in [-0.2, 0) is 4.79 Å². The molecule has 24 heavy (non-hydrogen) atoms. The average molecular weight is 325 g/mol. The molecule has 2 aromatic rings. The van der Waals surface area contributed by atoms with Crippen molar-refractivity contribution in [2.45, 2.75) is 25.8 Å². The summed E-state index contributed by atoms with van der Waals surface area (Å²) in [4.78, 5) is 16.2. The van der Waals surface area contributed by atoms with Crippen molar-refractivity contribution in [3.63, 3.8) is 0 Å². The second-order valence-electron chi connectivity index (χ2n) is 6.67. The van der Waals surface area contributed by atoms with E-state index >= 15 is 0 Å². The van der Waals surface area contributed by atoms with E-state index in [1.54, 1.807) is 0 Å². The summed E-state index contributed by atoms with van der Waals surface area (Å²) in [6.07, 6.45) is 2.43. The van der Waals surface area contributed by atoms with Crippen LogP contribution in [0.3, 0.4) is 0 Å². The molecule has 0 aliphatic carbocycles. The number of benzene rings is 1. The zero-order valence-corrected chi connectivity index (χ0v) is 14.0. The van der Waals surface area contributed by atoms with Crippen molar-refractivity contribution in [2.24, 2.45) is 0 Å². The van der Waals surface area contributed by atoms with Crippen molar-refractivity contribution >= 4 is 17.5 Å². The molecule has 1 amide bonds. The Morgan fingerprint density at radius 1 is 1.12 bits per heavy atom. The highest BCUT2D eigenvalue weighted by Crippen LogP contribution is 2.32. The van der Waals surface area contributed by atoms with Crippen molar-refractivity contribution in [1.29, 1.82) is 0 Å². The van der Waals surface area contributed by atoms with Gasteiger partial charge in [0.05, 0.1) is 0 Å². The van der Waals surface area contributed by atoms with Gasteiger partial charge in [-0.2, -0.15) is 0 Å². The predicted octanol–water partition coefficient (Wildman–Crippen LogP) is 3.19. The number of hydrogen-bond acceptors (Lipinski definition) is 4. The van der Waals surface area contributed by atoms with Crippen molar-refractivity contribution in [3.8, 4) is 11.3 Å². The monoisotopic (exact) mass is 325 g/mol. The molecular weight excluding hydrogens is 302 g/mol. The highest BCUT2D eigenvalue weighted by Gasteiger charge is 2.30. The summed E-state index contributed by atoms with van der Waals surface area (Å²) in [5, 5.41) is 2.82. The quantitative estimate of drug-likeness (QED) is 0.941. The lowest BCUT2D eigenvalue weighted by molar-refractivity contribution is -0.114. The Morgan fingerprint density at radius 2 is 1.96 bits per heavy atom. The molecule has 3 aliphatic heterocycles. The fourth-order valence-electron chi connectivity index (χ4n) is 3.77. The van der Waals surface area contributed by atoms with E-state index in [4.69, 9.17) is 4.42 Å². The first-order valence-corrected chi connectivity index (χ1v) is 8.66. The van der Waals surface area contributed by atoms with Crippen LogP contribution < -0.4 is 10.2 Å². The van der Waals surface area contributed by atoms with Crippen molar-refractivity contribution in [2.75, 3.05) is 36.4 Å². The minimum Gasteiger partial charge on any atom is -0.441 e. The maximum Gasteiger partial charge on any atom is 0.221 e. The molecule has 3 fully saturated rings. The van der Waals surface area contributed by atoms with Gasteiger partial charge in [-0.1, -0.05) is 12.1 Å². The van der Waals surface area contributed by atoms with Gasteiger partial charge in [-0.3, -0.25) is 4.79 Å². The summed E-state index contributed by atoms with van der Waals surface area (Å²) in [5.41, 5.74) is 1.77.